The first-order valence-corrected chi connectivity index (χ1v) is 6.34. The number of hydrogen-bond acceptors (Lipinski definition) is 1. The summed E-state index contributed by atoms with van der Waals surface area (Å²) < 4.78 is 13.3. The highest BCUT2D eigenvalue weighted by molar-refractivity contribution is 6.31. The number of halogens is 2. The van der Waals surface area contributed by atoms with Crippen LogP contribution >= 0.6 is 11.6 Å². The summed E-state index contributed by atoms with van der Waals surface area (Å²) in [6, 6.07) is 5.22. The molecule has 0 aliphatic rings. The van der Waals surface area contributed by atoms with Crippen LogP contribution < -0.4 is 5.32 Å². The van der Waals surface area contributed by atoms with Crippen LogP contribution in [-0.2, 0) is 6.42 Å². The highest BCUT2D eigenvalue weighted by Crippen LogP contribution is 2.21. The molecule has 17 heavy (non-hydrogen) atoms. The summed E-state index contributed by atoms with van der Waals surface area (Å²) in [7, 11) is 0. The zero-order chi connectivity index (χ0) is 12.7. The second kappa shape index (κ2) is 7.46. The molecule has 0 saturated heterocycles. The van der Waals surface area contributed by atoms with Gasteiger partial charge in [-0.1, -0.05) is 36.7 Å². The molecule has 0 radical (unpaired) electrons. The van der Waals surface area contributed by atoms with Gasteiger partial charge in [0.1, 0.15) is 5.82 Å². The van der Waals surface area contributed by atoms with E-state index in [-0.39, 0.29) is 16.9 Å². The molecule has 0 fully saturated rings. The smallest absolute Gasteiger partial charge is 0.142 e. The third kappa shape index (κ3) is 4.49. The lowest BCUT2D eigenvalue weighted by atomic mass is 10.0. The minimum Gasteiger partial charge on any atom is -0.313 e. The molecule has 1 N–H and O–H groups in total. The molecule has 1 aromatic rings. The average Bonchev–Trinajstić information content (AvgIpc) is 2.32. The molecule has 0 aromatic heterocycles. The molecule has 1 nitrogen and oxygen atoms in total. The van der Waals surface area contributed by atoms with E-state index >= 15 is 0 Å². The van der Waals surface area contributed by atoms with Gasteiger partial charge in [0.2, 0.25) is 0 Å². The second-order valence-corrected chi connectivity index (χ2v) is 4.47. The van der Waals surface area contributed by atoms with Crippen molar-refractivity contribution in [1.29, 1.82) is 0 Å². The Balaban J connectivity index is 2.70. The first-order chi connectivity index (χ1) is 8.19. The second-order valence-electron chi connectivity index (χ2n) is 4.09. The van der Waals surface area contributed by atoms with E-state index in [0.717, 1.165) is 31.4 Å². The maximum atomic E-state index is 13.3. The van der Waals surface area contributed by atoms with Crippen LogP contribution in [0.15, 0.2) is 30.9 Å². The van der Waals surface area contributed by atoms with Gasteiger partial charge in [-0.2, -0.15) is 0 Å². The first-order valence-electron chi connectivity index (χ1n) is 5.96. The Morgan fingerprint density at radius 2 is 2.29 bits per heavy atom. The van der Waals surface area contributed by atoms with Crippen LogP contribution in [0.5, 0.6) is 0 Å². The molecular weight excluding hydrogens is 237 g/mol. The van der Waals surface area contributed by atoms with E-state index in [1.807, 2.05) is 12.1 Å². The minimum atomic E-state index is -0.350. The van der Waals surface area contributed by atoms with Gasteiger partial charge in [-0.05, 0) is 37.4 Å². The van der Waals surface area contributed by atoms with Gasteiger partial charge >= 0.3 is 0 Å². The Labute approximate surface area is 108 Å². The van der Waals surface area contributed by atoms with Crippen molar-refractivity contribution in [2.45, 2.75) is 32.2 Å². The molecule has 0 saturated carbocycles. The molecule has 0 bridgehead atoms. The standard InChI is InChI=1S/C14H19ClFN/c1-3-6-12(17-9-4-2)10-11-7-5-8-13(16)14(11)15/h3,5,7-8,12,17H,1,4,6,9-10H2,2H3. The SMILES string of the molecule is C=CCC(Cc1cccc(F)c1Cl)NCCC. The van der Waals surface area contributed by atoms with Crippen molar-refractivity contribution < 1.29 is 4.39 Å². The average molecular weight is 256 g/mol. The number of rotatable bonds is 7. The van der Waals surface area contributed by atoms with E-state index in [0.29, 0.717) is 0 Å². The van der Waals surface area contributed by atoms with E-state index in [1.165, 1.54) is 6.07 Å². The molecule has 1 unspecified atom stereocenters. The van der Waals surface area contributed by atoms with Crippen LogP contribution in [0, 0.1) is 5.82 Å². The minimum absolute atomic E-state index is 0.236. The number of hydrogen-bond donors (Lipinski definition) is 1. The molecule has 94 valence electrons. The lowest BCUT2D eigenvalue weighted by Gasteiger charge is -2.17. The molecule has 1 rings (SSSR count). The van der Waals surface area contributed by atoms with Crippen LogP contribution in [0.4, 0.5) is 4.39 Å². The summed E-state index contributed by atoms with van der Waals surface area (Å²) in [5.74, 6) is -0.350. The summed E-state index contributed by atoms with van der Waals surface area (Å²) >= 11 is 5.94. The summed E-state index contributed by atoms with van der Waals surface area (Å²) in [6.07, 6.45) is 4.53. The normalized spacial score (nSPS) is 12.4. The molecule has 3 heteroatoms. The van der Waals surface area contributed by atoms with Crippen molar-refractivity contribution >= 4 is 11.6 Å². The van der Waals surface area contributed by atoms with E-state index in [1.54, 1.807) is 6.07 Å². The van der Waals surface area contributed by atoms with Crippen LogP contribution in [-0.4, -0.2) is 12.6 Å². The molecule has 1 atom stereocenters. The van der Waals surface area contributed by atoms with Crippen LogP contribution in [0.1, 0.15) is 25.3 Å². The van der Waals surface area contributed by atoms with Crippen molar-refractivity contribution in [2.75, 3.05) is 6.54 Å². The molecule has 1 aromatic carbocycles. The van der Waals surface area contributed by atoms with Gasteiger partial charge in [-0.25, -0.2) is 4.39 Å². The molecule has 0 aliphatic heterocycles. The maximum absolute atomic E-state index is 13.3. The Bertz CT molecular complexity index is 365. The Morgan fingerprint density at radius 1 is 1.53 bits per heavy atom. The van der Waals surface area contributed by atoms with Gasteiger partial charge in [0.15, 0.2) is 0 Å². The highest BCUT2D eigenvalue weighted by Gasteiger charge is 2.11. The predicted octanol–water partition coefficient (Wildman–Crippen LogP) is 3.97. The first kappa shape index (κ1) is 14.2. The monoisotopic (exact) mass is 255 g/mol. The molecule has 0 heterocycles. The quantitative estimate of drug-likeness (QED) is 0.727. The third-order valence-corrected chi connectivity index (χ3v) is 3.06. The van der Waals surface area contributed by atoms with Crippen molar-refractivity contribution in [3.8, 4) is 0 Å². The van der Waals surface area contributed by atoms with Crippen LogP contribution in [0.25, 0.3) is 0 Å². The summed E-state index contributed by atoms with van der Waals surface area (Å²) in [5, 5.41) is 3.65. The van der Waals surface area contributed by atoms with Crippen LogP contribution in [0.3, 0.4) is 0 Å². The van der Waals surface area contributed by atoms with Gasteiger partial charge in [0, 0.05) is 6.04 Å². The predicted molar refractivity (Wildman–Crippen MR) is 72.0 cm³/mol. The van der Waals surface area contributed by atoms with Gasteiger partial charge < -0.3 is 5.32 Å². The maximum Gasteiger partial charge on any atom is 0.142 e. The fourth-order valence-electron chi connectivity index (χ4n) is 1.76. The molecule has 0 amide bonds. The van der Waals surface area contributed by atoms with Crippen molar-refractivity contribution in [3.05, 3.63) is 47.3 Å². The van der Waals surface area contributed by atoms with Crippen molar-refractivity contribution in [2.24, 2.45) is 0 Å². The summed E-state index contributed by atoms with van der Waals surface area (Å²) in [4.78, 5) is 0. The lowest BCUT2D eigenvalue weighted by molar-refractivity contribution is 0.510. The number of nitrogens with one attached hydrogen (secondary N) is 1. The zero-order valence-electron chi connectivity index (χ0n) is 10.2. The Kier molecular flexibility index (Phi) is 6.23. The largest absolute Gasteiger partial charge is 0.313 e. The van der Waals surface area contributed by atoms with Gasteiger partial charge in [0.25, 0.3) is 0 Å². The van der Waals surface area contributed by atoms with Gasteiger partial charge in [-0.3, -0.25) is 0 Å². The lowest BCUT2D eigenvalue weighted by Crippen LogP contribution is -2.31. The zero-order valence-corrected chi connectivity index (χ0v) is 10.9. The van der Waals surface area contributed by atoms with Gasteiger partial charge in [0.05, 0.1) is 5.02 Å². The molecule has 0 aliphatic carbocycles. The third-order valence-electron chi connectivity index (χ3n) is 2.63. The fraction of sp³-hybridized carbons (Fsp3) is 0.429. The molecular formula is C14H19ClFN. The Hall–Kier alpha value is -0.860. The van der Waals surface area contributed by atoms with Crippen LogP contribution in [0.2, 0.25) is 5.02 Å². The summed E-state index contributed by atoms with van der Waals surface area (Å²) in [5.41, 5.74) is 0.849. The summed E-state index contributed by atoms with van der Waals surface area (Å²) in [6.45, 7) is 6.81. The Morgan fingerprint density at radius 3 is 2.94 bits per heavy atom. The van der Waals surface area contributed by atoms with E-state index in [4.69, 9.17) is 11.6 Å². The fourth-order valence-corrected chi connectivity index (χ4v) is 1.96. The van der Waals surface area contributed by atoms with Crippen molar-refractivity contribution in [3.63, 3.8) is 0 Å². The van der Waals surface area contributed by atoms with E-state index in [9.17, 15) is 4.39 Å². The highest BCUT2D eigenvalue weighted by atomic mass is 35.5. The van der Waals surface area contributed by atoms with Crippen molar-refractivity contribution in [1.82, 2.24) is 5.32 Å². The topological polar surface area (TPSA) is 12.0 Å². The molecule has 0 spiro atoms. The van der Waals surface area contributed by atoms with E-state index < -0.39 is 0 Å². The number of benzene rings is 1. The van der Waals surface area contributed by atoms with Gasteiger partial charge in [-0.15, -0.1) is 6.58 Å². The van der Waals surface area contributed by atoms with E-state index in [2.05, 4.69) is 18.8 Å².